The zero-order valence-electron chi connectivity index (χ0n) is 33.7. The van der Waals surface area contributed by atoms with Crippen LogP contribution in [0, 0.1) is 11.8 Å². The van der Waals surface area contributed by atoms with Crippen molar-refractivity contribution in [2.24, 2.45) is 11.8 Å². The Balaban J connectivity index is 1.53. The fourth-order valence-corrected chi connectivity index (χ4v) is 7.15. The van der Waals surface area contributed by atoms with E-state index in [9.17, 15) is 28.8 Å². The average molecular weight is 788 g/mol. The summed E-state index contributed by atoms with van der Waals surface area (Å²) in [5, 5.41) is 15.2. The Morgan fingerprint density at radius 2 is 1.49 bits per heavy atom. The number of hydrogen-bond acceptors (Lipinski definition) is 8. The van der Waals surface area contributed by atoms with Gasteiger partial charge in [0.2, 0.25) is 29.5 Å². The second-order valence-corrected chi connectivity index (χ2v) is 15.8. The number of fused-ring (bicyclic) bond motifs is 1. The maximum atomic E-state index is 14.3. The number of methoxy groups -OCH3 is 1. The molecule has 0 saturated carbocycles. The van der Waals surface area contributed by atoms with Crippen LogP contribution in [0.1, 0.15) is 65.0 Å². The maximum Gasteiger partial charge on any atom is 0.252 e. The Kier molecular flexibility index (Phi) is 14.7. The molecule has 6 N–H and O–H groups in total. The fraction of sp³-hybridized carbons (Fsp3) is 0.524. The first kappa shape index (κ1) is 42.7. The summed E-state index contributed by atoms with van der Waals surface area (Å²) in [4.78, 5) is 88.6. The molecule has 2 aliphatic heterocycles. The summed E-state index contributed by atoms with van der Waals surface area (Å²) in [5.41, 5.74) is 2.33. The van der Waals surface area contributed by atoms with Crippen molar-refractivity contribution in [1.29, 1.82) is 0 Å². The molecule has 6 atom stereocenters. The molecule has 2 aromatic carbocycles. The van der Waals surface area contributed by atoms with E-state index >= 15 is 0 Å². The number of rotatable bonds is 9. The fourth-order valence-electron chi connectivity index (χ4n) is 7.15. The highest BCUT2D eigenvalue weighted by molar-refractivity contribution is 5.97. The van der Waals surface area contributed by atoms with Crippen molar-refractivity contribution in [3.05, 3.63) is 65.9 Å². The molecule has 0 spiro atoms. The van der Waals surface area contributed by atoms with E-state index in [0.717, 1.165) is 22.0 Å². The number of aromatic nitrogens is 1. The van der Waals surface area contributed by atoms with Crippen LogP contribution in [-0.4, -0.2) is 108 Å². The number of hydrogen-bond donors (Lipinski definition) is 6. The van der Waals surface area contributed by atoms with Crippen LogP contribution < -0.4 is 31.3 Å². The Hall–Kier alpha value is -5.44. The molecule has 0 radical (unpaired) electrons. The number of carbonyl (C=O) groups excluding carboxylic acids is 6. The molecule has 15 heteroatoms. The summed E-state index contributed by atoms with van der Waals surface area (Å²) in [6.45, 7) is 9.08. The van der Waals surface area contributed by atoms with Crippen molar-refractivity contribution in [2.45, 2.75) is 103 Å². The summed E-state index contributed by atoms with van der Waals surface area (Å²) in [7, 11) is 1.55. The van der Waals surface area contributed by atoms with Crippen molar-refractivity contribution in [2.75, 3.05) is 26.8 Å². The molecule has 308 valence electrons. The number of para-hydroxylation sites is 1. The largest absolute Gasteiger partial charge is 0.497 e. The van der Waals surface area contributed by atoms with Gasteiger partial charge in [-0.2, -0.15) is 0 Å². The van der Waals surface area contributed by atoms with E-state index in [1.807, 2.05) is 52.0 Å². The summed E-state index contributed by atoms with van der Waals surface area (Å²) < 4.78 is 11.0. The smallest absolute Gasteiger partial charge is 0.252 e. The molecule has 15 nitrogen and oxygen atoms in total. The van der Waals surface area contributed by atoms with Crippen LogP contribution >= 0.6 is 0 Å². The topological polar surface area (TPSA) is 200 Å². The number of nitrogens with zero attached hydrogens (tertiary/aromatic N) is 1. The zero-order valence-corrected chi connectivity index (χ0v) is 33.7. The molecule has 2 fully saturated rings. The average Bonchev–Trinajstić information content (AvgIpc) is 3.87. The van der Waals surface area contributed by atoms with Gasteiger partial charge in [0.15, 0.2) is 0 Å². The van der Waals surface area contributed by atoms with Gasteiger partial charge in [-0.15, -0.1) is 0 Å². The molecule has 5 rings (SSSR count). The van der Waals surface area contributed by atoms with Gasteiger partial charge in [-0.3, -0.25) is 28.8 Å². The molecule has 3 aromatic rings. The number of amides is 6. The molecule has 57 heavy (non-hydrogen) atoms. The van der Waals surface area contributed by atoms with Crippen LogP contribution in [0.15, 0.2) is 54.7 Å². The number of carbonyl (C=O) groups is 6. The molecular formula is C42H57N7O8. The van der Waals surface area contributed by atoms with E-state index in [0.29, 0.717) is 25.2 Å². The number of H-pyrrole nitrogens is 1. The SMILES string of the molecule is COc1ccc(C[C@@H]2NC(=O)[C@H](CC(C)C)NC(=O)[C@@H](Cc3c[nH]c4ccccc34)NC(=O)CN(C(=O)[C@H]3CCCO3)C[C@H](C(C)C)NC(=O)[C@@H](C)NC2=O)cc1. The summed E-state index contributed by atoms with van der Waals surface area (Å²) in [6, 6.07) is 9.60. The van der Waals surface area contributed by atoms with Gasteiger partial charge in [0.1, 0.15) is 36.0 Å². The first-order chi connectivity index (χ1) is 27.2. The molecule has 0 bridgehead atoms. The van der Waals surface area contributed by atoms with Crippen LogP contribution in [0.4, 0.5) is 0 Å². The third kappa shape index (κ3) is 11.6. The standard InChI is InChI=1S/C42H57N7O8/c1-24(2)18-32-40(53)47-33(19-27-13-15-29(56-6)16-14-27)39(52)44-26(5)38(51)48-35(25(3)4)22-49(42(55)36-12-9-17-57-36)23-37(50)45-34(41(54)46-32)20-28-21-43-31-11-8-7-10-30(28)31/h7-8,10-11,13-16,21,24-26,32-36,43H,9,12,17-20,22-23H2,1-6H3,(H,44,52)(H,45,50)(H,46,54)(H,47,53)(H,48,51)/t26-,32+,33+,34-,35-,36-/m1/s1. The van der Waals surface area contributed by atoms with Crippen LogP contribution in [0.3, 0.4) is 0 Å². The normalized spacial score (nSPS) is 24.6. The van der Waals surface area contributed by atoms with Crippen LogP contribution in [-0.2, 0) is 46.3 Å². The Labute approximate surface area is 333 Å². The quantitative estimate of drug-likeness (QED) is 0.190. The first-order valence-corrected chi connectivity index (χ1v) is 19.8. The predicted octanol–water partition coefficient (Wildman–Crippen LogP) is 2.13. The number of ether oxygens (including phenoxy) is 2. The zero-order chi connectivity index (χ0) is 41.2. The third-order valence-corrected chi connectivity index (χ3v) is 10.5. The molecule has 0 unspecified atom stereocenters. The Morgan fingerprint density at radius 3 is 2.16 bits per heavy atom. The van der Waals surface area contributed by atoms with Gasteiger partial charge >= 0.3 is 0 Å². The highest BCUT2D eigenvalue weighted by atomic mass is 16.5. The van der Waals surface area contributed by atoms with E-state index in [1.165, 1.54) is 11.8 Å². The number of benzene rings is 2. The minimum Gasteiger partial charge on any atom is -0.497 e. The van der Waals surface area contributed by atoms with E-state index < -0.39 is 78.3 Å². The molecule has 3 heterocycles. The Bertz CT molecular complexity index is 1890. The van der Waals surface area contributed by atoms with E-state index in [-0.39, 0.29) is 37.6 Å². The summed E-state index contributed by atoms with van der Waals surface area (Å²) in [6.07, 6.45) is 2.58. The minimum absolute atomic E-state index is 0.0257. The lowest BCUT2D eigenvalue weighted by Crippen LogP contribution is -2.61. The number of nitrogens with one attached hydrogen (secondary N) is 6. The lowest BCUT2D eigenvalue weighted by molar-refractivity contribution is -0.145. The highest BCUT2D eigenvalue weighted by Crippen LogP contribution is 2.21. The molecular weight excluding hydrogens is 731 g/mol. The minimum atomic E-state index is -1.16. The molecule has 2 saturated heterocycles. The molecule has 0 aliphatic carbocycles. The van der Waals surface area contributed by atoms with E-state index in [4.69, 9.17) is 9.47 Å². The van der Waals surface area contributed by atoms with Crippen molar-refractivity contribution in [3.8, 4) is 5.75 Å². The van der Waals surface area contributed by atoms with E-state index in [2.05, 4.69) is 31.6 Å². The molecule has 2 aliphatic rings. The van der Waals surface area contributed by atoms with Gasteiger partial charge in [0.25, 0.3) is 5.91 Å². The first-order valence-electron chi connectivity index (χ1n) is 19.8. The van der Waals surface area contributed by atoms with Gasteiger partial charge in [-0.05, 0) is 67.3 Å². The highest BCUT2D eigenvalue weighted by Gasteiger charge is 2.36. The van der Waals surface area contributed by atoms with Crippen molar-refractivity contribution in [3.63, 3.8) is 0 Å². The van der Waals surface area contributed by atoms with Crippen LogP contribution in [0.2, 0.25) is 0 Å². The summed E-state index contributed by atoms with van der Waals surface area (Å²) in [5.74, 6) is -2.93. The van der Waals surface area contributed by atoms with Gasteiger partial charge in [0.05, 0.1) is 13.7 Å². The van der Waals surface area contributed by atoms with Gasteiger partial charge in [-0.25, -0.2) is 0 Å². The van der Waals surface area contributed by atoms with Crippen LogP contribution in [0.25, 0.3) is 10.9 Å². The molecule has 6 amide bonds. The summed E-state index contributed by atoms with van der Waals surface area (Å²) >= 11 is 0. The predicted molar refractivity (Wildman–Crippen MR) is 214 cm³/mol. The van der Waals surface area contributed by atoms with Crippen molar-refractivity contribution < 1.29 is 38.2 Å². The second kappa shape index (κ2) is 19.6. The lowest BCUT2D eigenvalue weighted by atomic mass is 9.99. The number of aromatic amines is 1. The lowest BCUT2D eigenvalue weighted by Gasteiger charge is -2.33. The maximum absolute atomic E-state index is 14.3. The monoisotopic (exact) mass is 787 g/mol. The van der Waals surface area contributed by atoms with Crippen molar-refractivity contribution in [1.82, 2.24) is 36.5 Å². The molecule has 1 aromatic heterocycles. The van der Waals surface area contributed by atoms with E-state index in [1.54, 1.807) is 37.6 Å². The second-order valence-electron chi connectivity index (χ2n) is 15.8. The van der Waals surface area contributed by atoms with Crippen molar-refractivity contribution >= 4 is 46.3 Å². The van der Waals surface area contributed by atoms with Gasteiger partial charge < -0.3 is 45.9 Å². The van der Waals surface area contributed by atoms with Gasteiger partial charge in [0, 0.05) is 49.1 Å². The van der Waals surface area contributed by atoms with Crippen LogP contribution in [0.5, 0.6) is 5.75 Å². The Morgan fingerprint density at radius 1 is 0.825 bits per heavy atom. The van der Waals surface area contributed by atoms with Gasteiger partial charge in [-0.1, -0.05) is 58.0 Å². The third-order valence-electron chi connectivity index (χ3n) is 10.5.